The Kier molecular flexibility index (Phi) is 4.68. The van der Waals surface area contributed by atoms with Crippen LogP contribution in [0.1, 0.15) is 27.2 Å². The summed E-state index contributed by atoms with van der Waals surface area (Å²) >= 11 is 0. The molecule has 1 fully saturated rings. The number of carboxylic acid groups (broad SMARTS) is 1. The number of carbonyl (C=O) groups excluding carboxylic acids is 1. The van der Waals surface area contributed by atoms with E-state index in [0.717, 1.165) is 0 Å². The summed E-state index contributed by atoms with van der Waals surface area (Å²) in [6, 6.07) is 5.86. The summed E-state index contributed by atoms with van der Waals surface area (Å²) in [5, 5.41) is 9.33. The first-order valence-corrected chi connectivity index (χ1v) is 7.40. The first-order chi connectivity index (χ1) is 10.7. The van der Waals surface area contributed by atoms with Gasteiger partial charge in [-0.2, -0.15) is 0 Å². The van der Waals surface area contributed by atoms with E-state index in [1.165, 1.54) is 4.90 Å². The number of hydrogen-bond acceptors (Lipinski definition) is 5. The van der Waals surface area contributed by atoms with Gasteiger partial charge in [-0.15, -0.1) is 0 Å². The van der Waals surface area contributed by atoms with Gasteiger partial charge in [-0.3, -0.25) is 4.90 Å². The van der Waals surface area contributed by atoms with E-state index in [0.29, 0.717) is 11.4 Å². The molecule has 0 spiro atoms. The maximum absolute atomic E-state index is 12.2. The third kappa shape index (κ3) is 4.51. The van der Waals surface area contributed by atoms with Crippen LogP contribution >= 0.6 is 0 Å². The van der Waals surface area contributed by atoms with E-state index < -0.39 is 29.8 Å². The Balaban J connectivity index is 2.06. The van der Waals surface area contributed by atoms with Crippen molar-refractivity contribution in [1.82, 2.24) is 4.90 Å². The van der Waals surface area contributed by atoms with Crippen molar-refractivity contribution in [2.75, 3.05) is 12.3 Å². The van der Waals surface area contributed by atoms with E-state index in [1.54, 1.807) is 45.0 Å². The first-order valence-electron chi connectivity index (χ1n) is 7.40. The molecular weight excluding hydrogens is 300 g/mol. The predicted molar refractivity (Wildman–Crippen MR) is 84.3 cm³/mol. The number of carbonyl (C=O) groups is 2. The van der Waals surface area contributed by atoms with Gasteiger partial charge in [0.1, 0.15) is 23.5 Å². The number of ether oxygens (including phenoxy) is 2. The summed E-state index contributed by atoms with van der Waals surface area (Å²) in [5.41, 5.74) is 5.54. The lowest BCUT2D eigenvalue weighted by molar-refractivity contribution is -0.142. The Labute approximate surface area is 135 Å². The normalized spacial score (nSPS) is 21.1. The van der Waals surface area contributed by atoms with Crippen LogP contribution in [-0.4, -0.2) is 46.4 Å². The van der Waals surface area contributed by atoms with E-state index >= 15 is 0 Å². The van der Waals surface area contributed by atoms with Crippen LogP contribution < -0.4 is 10.5 Å². The fraction of sp³-hybridized carbons (Fsp3) is 0.500. The van der Waals surface area contributed by atoms with Crippen LogP contribution in [0.5, 0.6) is 5.75 Å². The summed E-state index contributed by atoms with van der Waals surface area (Å²) < 4.78 is 11.0. The number of carboxylic acids is 1. The molecule has 1 aromatic rings. The molecule has 0 radical (unpaired) electrons. The van der Waals surface area contributed by atoms with Gasteiger partial charge >= 0.3 is 12.1 Å². The number of aliphatic carboxylic acids is 1. The largest absolute Gasteiger partial charge is 0.488 e. The number of anilines is 1. The minimum Gasteiger partial charge on any atom is -0.488 e. The zero-order chi connectivity index (χ0) is 17.2. The molecule has 7 nitrogen and oxygen atoms in total. The number of nitrogens with two attached hydrogens (primary N) is 1. The minimum atomic E-state index is -1.07. The van der Waals surface area contributed by atoms with Crippen LogP contribution in [0.4, 0.5) is 10.5 Å². The summed E-state index contributed by atoms with van der Waals surface area (Å²) in [7, 11) is 0. The molecule has 0 bridgehead atoms. The van der Waals surface area contributed by atoms with E-state index in [2.05, 4.69) is 0 Å². The molecule has 23 heavy (non-hydrogen) atoms. The predicted octanol–water partition coefficient (Wildman–Crippen LogP) is 2.11. The molecule has 126 valence electrons. The van der Waals surface area contributed by atoms with E-state index in [1.807, 2.05) is 0 Å². The molecule has 0 aliphatic carbocycles. The number of amides is 1. The van der Waals surface area contributed by atoms with Gasteiger partial charge in [0.05, 0.1) is 6.54 Å². The molecule has 1 aliphatic rings. The third-order valence-corrected chi connectivity index (χ3v) is 3.36. The van der Waals surface area contributed by atoms with Crippen LogP contribution in [0.3, 0.4) is 0 Å². The van der Waals surface area contributed by atoms with E-state index in [9.17, 15) is 14.7 Å². The maximum Gasteiger partial charge on any atom is 0.411 e. The molecule has 3 N–H and O–H groups in total. The molecule has 0 aromatic heterocycles. The highest BCUT2D eigenvalue weighted by Gasteiger charge is 2.42. The second-order valence-electron chi connectivity index (χ2n) is 6.53. The Morgan fingerprint density at radius 3 is 2.39 bits per heavy atom. The third-order valence-electron chi connectivity index (χ3n) is 3.36. The highest BCUT2D eigenvalue weighted by atomic mass is 16.6. The van der Waals surface area contributed by atoms with Gasteiger partial charge in [-0.05, 0) is 45.0 Å². The number of likely N-dealkylation sites (tertiary alicyclic amines) is 1. The molecular formula is C16H22N2O5. The summed E-state index contributed by atoms with van der Waals surface area (Å²) in [4.78, 5) is 24.8. The highest BCUT2D eigenvalue weighted by molar-refractivity contribution is 5.81. The van der Waals surface area contributed by atoms with Crippen LogP contribution in [-0.2, 0) is 9.53 Å². The molecule has 1 saturated heterocycles. The topological polar surface area (TPSA) is 102 Å². The van der Waals surface area contributed by atoms with Crippen molar-refractivity contribution in [2.45, 2.75) is 44.9 Å². The minimum absolute atomic E-state index is 0.163. The Morgan fingerprint density at radius 1 is 1.26 bits per heavy atom. The molecule has 2 rings (SSSR count). The number of rotatable bonds is 3. The molecule has 0 saturated carbocycles. The molecule has 7 heteroatoms. The van der Waals surface area contributed by atoms with Crippen LogP contribution in [0, 0.1) is 0 Å². The molecule has 2 unspecified atom stereocenters. The maximum atomic E-state index is 12.2. The van der Waals surface area contributed by atoms with Crippen molar-refractivity contribution in [1.29, 1.82) is 0 Å². The number of nitrogen functional groups attached to an aromatic ring is 1. The first kappa shape index (κ1) is 16.9. The molecule has 2 atom stereocenters. The highest BCUT2D eigenvalue weighted by Crippen LogP contribution is 2.25. The van der Waals surface area contributed by atoms with Crippen LogP contribution in [0.2, 0.25) is 0 Å². The fourth-order valence-electron chi connectivity index (χ4n) is 2.38. The van der Waals surface area contributed by atoms with Gasteiger partial charge < -0.3 is 20.3 Å². The monoisotopic (exact) mass is 322 g/mol. The molecule has 1 amide bonds. The SMILES string of the molecule is CC(C)(C)OC(=O)N1CC(Oc2ccc(N)cc2)CC1C(=O)O. The van der Waals surface area contributed by atoms with Gasteiger partial charge in [0.2, 0.25) is 0 Å². The summed E-state index contributed by atoms with van der Waals surface area (Å²) in [5.74, 6) is -0.487. The zero-order valence-corrected chi connectivity index (χ0v) is 13.5. The van der Waals surface area contributed by atoms with Gasteiger partial charge in [-0.1, -0.05) is 0 Å². The quantitative estimate of drug-likeness (QED) is 0.826. The second-order valence-corrected chi connectivity index (χ2v) is 6.53. The number of nitrogens with zero attached hydrogens (tertiary/aromatic N) is 1. The van der Waals surface area contributed by atoms with Gasteiger partial charge in [-0.25, -0.2) is 9.59 Å². The molecule has 1 heterocycles. The standard InChI is InChI=1S/C16H22N2O5/c1-16(2,3)23-15(21)18-9-12(8-13(18)14(19)20)22-11-6-4-10(17)5-7-11/h4-7,12-13H,8-9,17H2,1-3H3,(H,19,20). The molecule has 1 aliphatic heterocycles. The van der Waals surface area contributed by atoms with Crippen molar-refractivity contribution in [3.05, 3.63) is 24.3 Å². The lowest BCUT2D eigenvalue weighted by Gasteiger charge is -2.26. The van der Waals surface area contributed by atoms with Crippen LogP contribution in [0.15, 0.2) is 24.3 Å². The van der Waals surface area contributed by atoms with Crippen molar-refractivity contribution >= 4 is 17.7 Å². The van der Waals surface area contributed by atoms with Crippen molar-refractivity contribution in [2.24, 2.45) is 0 Å². The van der Waals surface area contributed by atoms with Gasteiger partial charge in [0.25, 0.3) is 0 Å². The smallest absolute Gasteiger partial charge is 0.411 e. The number of benzene rings is 1. The average Bonchev–Trinajstić information content (AvgIpc) is 2.84. The zero-order valence-electron chi connectivity index (χ0n) is 13.5. The van der Waals surface area contributed by atoms with Crippen molar-refractivity contribution in [3.63, 3.8) is 0 Å². The fourth-order valence-corrected chi connectivity index (χ4v) is 2.38. The van der Waals surface area contributed by atoms with Crippen LogP contribution in [0.25, 0.3) is 0 Å². The molecule has 1 aromatic carbocycles. The second kappa shape index (κ2) is 6.36. The van der Waals surface area contributed by atoms with Gasteiger partial charge in [0, 0.05) is 12.1 Å². The Bertz CT molecular complexity index is 579. The average molecular weight is 322 g/mol. The van der Waals surface area contributed by atoms with Crippen molar-refractivity contribution in [3.8, 4) is 5.75 Å². The lowest BCUT2D eigenvalue weighted by atomic mass is 10.2. The Morgan fingerprint density at radius 2 is 1.87 bits per heavy atom. The van der Waals surface area contributed by atoms with Gasteiger partial charge in [0.15, 0.2) is 0 Å². The van der Waals surface area contributed by atoms with E-state index in [-0.39, 0.29) is 13.0 Å². The lowest BCUT2D eigenvalue weighted by Crippen LogP contribution is -2.43. The van der Waals surface area contributed by atoms with E-state index in [4.69, 9.17) is 15.2 Å². The Hall–Kier alpha value is -2.44. The number of hydrogen-bond donors (Lipinski definition) is 2. The summed E-state index contributed by atoms with van der Waals surface area (Å²) in [6.07, 6.45) is -0.848. The summed E-state index contributed by atoms with van der Waals surface area (Å²) in [6.45, 7) is 5.37. The van der Waals surface area contributed by atoms with Crippen molar-refractivity contribution < 1.29 is 24.2 Å².